The molecule has 6 heteroatoms. The summed E-state index contributed by atoms with van der Waals surface area (Å²) in [5.74, 6) is -0.118. The molecule has 0 amide bonds. The summed E-state index contributed by atoms with van der Waals surface area (Å²) >= 11 is 0. The van der Waals surface area contributed by atoms with Crippen LogP contribution in [0.5, 0.6) is 11.6 Å². The van der Waals surface area contributed by atoms with Gasteiger partial charge in [-0.15, -0.1) is 17.5 Å². The molecule has 1 aromatic carbocycles. The number of ether oxygens (including phenoxy) is 1. The second kappa shape index (κ2) is 4.85. The molecule has 0 bridgehead atoms. The van der Waals surface area contributed by atoms with Gasteiger partial charge in [-0.25, -0.2) is 4.39 Å². The summed E-state index contributed by atoms with van der Waals surface area (Å²) < 4.78 is 19.9. The van der Waals surface area contributed by atoms with Gasteiger partial charge in [0.05, 0.1) is 6.20 Å². The maximum atomic E-state index is 13.2. The van der Waals surface area contributed by atoms with Crippen LogP contribution in [-0.2, 0) is 7.05 Å². The number of para-hydroxylation sites is 1. The maximum Gasteiger partial charge on any atom is 0.261 e. The molecule has 1 aromatic heterocycles. The van der Waals surface area contributed by atoms with Crippen LogP contribution >= 0.6 is 12.4 Å². The largest absolute Gasteiger partial charge is 0.433 e. The second-order valence-corrected chi connectivity index (χ2v) is 3.10. The zero-order valence-corrected chi connectivity index (χ0v) is 9.37. The van der Waals surface area contributed by atoms with Gasteiger partial charge in [-0.3, -0.25) is 4.68 Å². The summed E-state index contributed by atoms with van der Waals surface area (Å²) in [6.45, 7) is 0. The summed E-state index contributed by atoms with van der Waals surface area (Å²) in [7, 11) is 1.71. The first-order chi connectivity index (χ1) is 7.16. The van der Waals surface area contributed by atoms with Crippen LogP contribution in [0.1, 0.15) is 0 Å². The molecule has 0 radical (unpaired) electrons. The van der Waals surface area contributed by atoms with Crippen LogP contribution in [0.2, 0.25) is 0 Å². The minimum absolute atomic E-state index is 0. The first-order valence-electron chi connectivity index (χ1n) is 4.38. The highest BCUT2D eigenvalue weighted by Crippen LogP contribution is 2.26. The number of aryl methyl sites for hydroxylation is 1. The van der Waals surface area contributed by atoms with Crippen molar-refractivity contribution in [2.45, 2.75) is 0 Å². The lowest BCUT2D eigenvalue weighted by Gasteiger charge is -2.03. The van der Waals surface area contributed by atoms with Gasteiger partial charge in [0.25, 0.3) is 5.88 Å². The fourth-order valence-electron chi connectivity index (χ4n) is 1.20. The molecule has 2 N–H and O–H groups in total. The maximum absolute atomic E-state index is 13.2. The quantitative estimate of drug-likeness (QED) is 0.881. The molecule has 0 atom stereocenters. The van der Waals surface area contributed by atoms with E-state index in [0.717, 1.165) is 0 Å². The third-order valence-electron chi connectivity index (χ3n) is 1.86. The fraction of sp³-hybridized carbons (Fsp3) is 0.100. The molecule has 86 valence electrons. The molecule has 4 nitrogen and oxygen atoms in total. The van der Waals surface area contributed by atoms with Gasteiger partial charge in [0.15, 0.2) is 11.6 Å². The van der Waals surface area contributed by atoms with Crippen molar-refractivity contribution in [2.75, 3.05) is 5.73 Å². The Labute approximate surface area is 98.2 Å². The SMILES string of the molecule is Cl.Cn1cc(N)c(Oc2ccccc2F)n1. The Bertz CT molecular complexity index is 487. The van der Waals surface area contributed by atoms with Crippen molar-refractivity contribution in [3.8, 4) is 11.6 Å². The lowest BCUT2D eigenvalue weighted by Crippen LogP contribution is -1.92. The third-order valence-corrected chi connectivity index (χ3v) is 1.86. The number of hydrogen-bond acceptors (Lipinski definition) is 3. The first-order valence-corrected chi connectivity index (χ1v) is 4.38. The van der Waals surface area contributed by atoms with Gasteiger partial charge in [0.1, 0.15) is 5.69 Å². The zero-order valence-electron chi connectivity index (χ0n) is 8.55. The van der Waals surface area contributed by atoms with Crippen LogP contribution in [0.4, 0.5) is 10.1 Å². The summed E-state index contributed by atoms with van der Waals surface area (Å²) in [5.41, 5.74) is 5.98. The number of hydrogen-bond donors (Lipinski definition) is 1. The molecule has 16 heavy (non-hydrogen) atoms. The van der Waals surface area contributed by atoms with Crippen LogP contribution in [0.3, 0.4) is 0 Å². The van der Waals surface area contributed by atoms with E-state index in [1.807, 2.05) is 0 Å². The average Bonchev–Trinajstić information content (AvgIpc) is 2.49. The topological polar surface area (TPSA) is 53.1 Å². The predicted molar refractivity (Wildman–Crippen MR) is 61.3 cm³/mol. The minimum atomic E-state index is -0.442. The van der Waals surface area contributed by atoms with Gasteiger partial charge >= 0.3 is 0 Å². The van der Waals surface area contributed by atoms with Crippen molar-refractivity contribution < 1.29 is 9.13 Å². The van der Waals surface area contributed by atoms with E-state index in [1.165, 1.54) is 16.8 Å². The molecule has 0 aliphatic heterocycles. The lowest BCUT2D eigenvalue weighted by molar-refractivity contribution is 0.423. The van der Waals surface area contributed by atoms with Gasteiger partial charge in [0, 0.05) is 7.05 Å². The monoisotopic (exact) mass is 243 g/mol. The van der Waals surface area contributed by atoms with Crippen LogP contribution in [0.25, 0.3) is 0 Å². The number of nitrogens with zero attached hydrogens (tertiary/aromatic N) is 2. The molecule has 0 aliphatic carbocycles. The molecule has 0 saturated heterocycles. The Hall–Kier alpha value is -1.75. The van der Waals surface area contributed by atoms with Gasteiger partial charge in [-0.1, -0.05) is 12.1 Å². The highest BCUT2D eigenvalue weighted by Gasteiger charge is 2.09. The van der Waals surface area contributed by atoms with Gasteiger partial charge in [-0.2, -0.15) is 0 Å². The Balaban J connectivity index is 0.00000128. The van der Waals surface area contributed by atoms with Crippen molar-refractivity contribution in [1.82, 2.24) is 9.78 Å². The number of anilines is 1. The molecule has 0 saturated carbocycles. The zero-order chi connectivity index (χ0) is 10.8. The molecule has 2 aromatic rings. The van der Waals surface area contributed by atoms with Crippen molar-refractivity contribution in [2.24, 2.45) is 7.05 Å². The van der Waals surface area contributed by atoms with Crippen LogP contribution in [0.15, 0.2) is 30.5 Å². The van der Waals surface area contributed by atoms with E-state index >= 15 is 0 Å². The molecule has 0 aliphatic rings. The number of rotatable bonds is 2. The number of halogens is 2. The highest BCUT2D eigenvalue weighted by molar-refractivity contribution is 5.85. The third kappa shape index (κ3) is 2.43. The number of nitrogen functional groups attached to an aromatic ring is 1. The highest BCUT2D eigenvalue weighted by atomic mass is 35.5. The molecule has 0 spiro atoms. The van der Waals surface area contributed by atoms with Crippen molar-refractivity contribution in [1.29, 1.82) is 0 Å². The molecule has 1 heterocycles. The molecule has 0 unspecified atom stereocenters. The predicted octanol–water partition coefficient (Wildman–Crippen LogP) is 2.36. The minimum Gasteiger partial charge on any atom is -0.433 e. The van der Waals surface area contributed by atoms with E-state index in [-0.39, 0.29) is 24.0 Å². The van der Waals surface area contributed by atoms with Gasteiger partial charge < -0.3 is 10.5 Å². The van der Waals surface area contributed by atoms with Crippen molar-refractivity contribution in [3.63, 3.8) is 0 Å². The summed E-state index contributed by atoms with van der Waals surface area (Å²) in [6.07, 6.45) is 1.59. The molecule has 2 rings (SSSR count). The molecular weight excluding hydrogens is 233 g/mol. The molecular formula is C10H11ClFN3O. The normalized spacial score (nSPS) is 9.62. The Morgan fingerprint density at radius 1 is 1.38 bits per heavy atom. The Kier molecular flexibility index (Phi) is 3.73. The van der Waals surface area contributed by atoms with Gasteiger partial charge in [-0.05, 0) is 12.1 Å². The number of nitrogens with two attached hydrogens (primary N) is 1. The van der Waals surface area contributed by atoms with E-state index in [1.54, 1.807) is 25.4 Å². The number of benzene rings is 1. The van der Waals surface area contributed by atoms with Crippen LogP contribution in [0, 0.1) is 5.82 Å². The summed E-state index contributed by atoms with van der Waals surface area (Å²) in [6, 6.07) is 6.10. The second-order valence-electron chi connectivity index (χ2n) is 3.10. The average molecular weight is 244 g/mol. The number of aromatic nitrogens is 2. The van der Waals surface area contributed by atoms with Crippen LogP contribution < -0.4 is 10.5 Å². The Morgan fingerprint density at radius 2 is 2.06 bits per heavy atom. The molecule has 0 fully saturated rings. The van der Waals surface area contributed by atoms with Gasteiger partial charge in [0.2, 0.25) is 0 Å². The fourth-order valence-corrected chi connectivity index (χ4v) is 1.20. The summed E-state index contributed by atoms with van der Waals surface area (Å²) in [5, 5.41) is 3.95. The standard InChI is InChI=1S/C10H10FN3O.ClH/c1-14-6-8(12)10(13-14)15-9-5-3-2-4-7(9)11;/h2-6H,12H2,1H3;1H. The van der Waals surface area contributed by atoms with E-state index in [9.17, 15) is 4.39 Å². The van der Waals surface area contributed by atoms with E-state index < -0.39 is 5.82 Å². The van der Waals surface area contributed by atoms with Crippen molar-refractivity contribution in [3.05, 3.63) is 36.3 Å². The van der Waals surface area contributed by atoms with E-state index in [0.29, 0.717) is 5.69 Å². The van der Waals surface area contributed by atoms with E-state index in [4.69, 9.17) is 10.5 Å². The lowest BCUT2D eigenvalue weighted by atomic mass is 10.3. The first kappa shape index (κ1) is 12.3. The van der Waals surface area contributed by atoms with Crippen LogP contribution in [-0.4, -0.2) is 9.78 Å². The van der Waals surface area contributed by atoms with E-state index in [2.05, 4.69) is 5.10 Å². The van der Waals surface area contributed by atoms with Crippen molar-refractivity contribution >= 4 is 18.1 Å². The smallest absolute Gasteiger partial charge is 0.261 e. The Morgan fingerprint density at radius 3 is 2.62 bits per heavy atom. The summed E-state index contributed by atoms with van der Waals surface area (Å²) in [4.78, 5) is 0.